The van der Waals surface area contributed by atoms with E-state index in [9.17, 15) is 0 Å². The minimum atomic E-state index is -0.742. The molecule has 1 unspecified atom stereocenters. The predicted molar refractivity (Wildman–Crippen MR) is 43.3 cm³/mol. The minimum Gasteiger partial charge on any atom is -0.379 e. The van der Waals surface area contributed by atoms with Crippen molar-refractivity contribution in [1.82, 2.24) is 0 Å². The second-order valence-corrected chi connectivity index (χ2v) is 1.85. The first-order chi connectivity index (χ1) is 4.77. The van der Waals surface area contributed by atoms with E-state index >= 15 is 0 Å². The fourth-order valence-electron chi connectivity index (χ4n) is 0.439. The molecular formula is C8H13NO. The number of rotatable bonds is 4. The Bertz CT molecular complexity index is 136. The average Bonchev–Trinajstić information content (AvgIpc) is 1.87. The molecule has 0 aliphatic heterocycles. The van der Waals surface area contributed by atoms with Crippen LogP contribution < -0.4 is 5.73 Å². The number of allylic oxidation sites excluding steroid dienone is 4. The van der Waals surface area contributed by atoms with Crippen LogP contribution in [0.4, 0.5) is 0 Å². The first-order valence-corrected chi connectivity index (χ1v) is 3.15. The second-order valence-electron chi connectivity index (χ2n) is 1.85. The number of hydrogen-bond donors (Lipinski definition) is 2. The third-order valence-corrected chi connectivity index (χ3v) is 0.872. The maximum Gasteiger partial charge on any atom is 0.105 e. The standard InChI is InChI=1S/C8H13NO/c1-2-3-4-5-6-7-8(9)10/h2-6,8,10H,1,7,9H2/b4-3-,6-5-. The topological polar surface area (TPSA) is 46.2 Å². The average molecular weight is 139 g/mol. The van der Waals surface area contributed by atoms with E-state index in [1.807, 2.05) is 12.2 Å². The largest absolute Gasteiger partial charge is 0.379 e. The van der Waals surface area contributed by atoms with Crippen molar-refractivity contribution in [3.05, 3.63) is 37.0 Å². The van der Waals surface area contributed by atoms with E-state index in [2.05, 4.69) is 6.58 Å². The van der Waals surface area contributed by atoms with Gasteiger partial charge in [-0.2, -0.15) is 0 Å². The maximum absolute atomic E-state index is 8.59. The Balaban J connectivity index is 3.37. The highest BCUT2D eigenvalue weighted by Gasteiger charge is 1.86. The summed E-state index contributed by atoms with van der Waals surface area (Å²) in [6.45, 7) is 3.50. The first kappa shape index (κ1) is 9.14. The van der Waals surface area contributed by atoms with Crippen molar-refractivity contribution < 1.29 is 5.11 Å². The number of aliphatic hydroxyl groups excluding tert-OH is 1. The summed E-state index contributed by atoms with van der Waals surface area (Å²) in [5.41, 5.74) is 5.07. The Hall–Kier alpha value is -0.860. The van der Waals surface area contributed by atoms with Crippen molar-refractivity contribution >= 4 is 0 Å². The Labute approximate surface area is 61.4 Å². The van der Waals surface area contributed by atoms with Gasteiger partial charge in [0.05, 0.1) is 0 Å². The van der Waals surface area contributed by atoms with Crippen LogP contribution in [0.25, 0.3) is 0 Å². The van der Waals surface area contributed by atoms with Crippen LogP contribution in [-0.4, -0.2) is 11.3 Å². The highest BCUT2D eigenvalue weighted by Crippen LogP contribution is 1.86. The van der Waals surface area contributed by atoms with Crippen molar-refractivity contribution in [2.24, 2.45) is 5.73 Å². The first-order valence-electron chi connectivity index (χ1n) is 3.15. The lowest BCUT2D eigenvalue weighted by Gasteiger charge is -1.94. The van der Waals surface area contributed by atoms with Crippen LogP contribution in [-0.2, 0) is 0 Å². The van der Waals surface area contributed by atoms with E-state index in [0.717, 1.165) is 0 Å². The lowest BCUT2D eigenvalue weighted by Crippen LogP contribution is -2.16. The molecule has 56 valence electrons. The van der Waals surface area contributed by atoms with Gasteiger partial charge in [0.15, 0.2) is 0 Å². The zero-order chi connectivity index (χ0) is 7.82. The molecule has 0 aliphatic carbocycles. The number of aliphatic hydroxyl groups is 1. The van der Waals surface area contributed by atoms with E-state index in [0.29, 0.717) is 6.42 Å². The van der Waals surface area contributed by atoms with Crippen LogP contribution in [0, 0.1) is 0 Å². The second kappa shape index (κ2) is 6.26. The van der Waals surface area contributed by atoms with E-state index in [1.165, 1.54) is 0 Å². The Morgan fingerprint density at radius 1 is 1.40 bits per heavy atom. The van der Waals surface area contributed by atoms with Gasteiger partial charge in [-0.05, 0) is 0 Å². The fourth-order valence-corrected chi connectivity index (χ4v) is 0.439. The molecule has 0 heterocycles. The lowest BCUT2D eigenvalue weighted by atomic mass is 10.3. The van der Waals surface area contributed by atoms with Gasteiger partial charge >= 0.3 is 0 Å². The molecule has 0 saturated heterocycles. The zero-order valence-corrected chi connectivity index (χ0v) is 5.90. The van der Waals surface area contributed by atoms with Crippen molar-refractivity contribution in [2.75, 3.05) is 0 Å². The molecule has 0 bridgehead atoms. The van der Waals surface area contributed by atoms with Crippen LogP contribution in [0.1, 0.15) is 6.42 Å². The summed E-state index contributed by atoms with van der Waals surface area (Å²) < 4.78 is 0. The van der Waals surface area contributed by atoms with Gasteiger partial charge in [-0.1, -0.05) is 37.0 Å². The third-order valence-electron chi connectivity index (χ3n) is 0.872. The number of hydrogen-bond acceptors (Lipinski definition) is 2. The molecule has 10 heavy (non-hydrogen) atoms. The van der Waals surface area contributed by atoms with Crippen molar-refractivity contribution in [3.63, 3.8) is 0 Å². The third kappa shape index (κ3) is 7.14. The molecule has 1 atom stereocenters. The smallest absolute Gasteiger partial charge is 0.105 e. The van der Waals surface area contributed by atoms with Crippen LogP contribution in [0.3, 0.4) is 0 Å². The van der Waals surface area contributed by atoms with Gasteiger partial charge in [0.1, 0.15) is 6.23 Å². The molecule has 0 radical (unpaired) electrons. The molecule has 0 aromatic carbocycles. The summed E-state index contributed by atoms with van der Waals surface area (Å²) >= 11 is 0. The number of nitrogens with two attached hydrogens (primary N) is 1. The molecule has 0 spiro atoms. The maximum atomic E-state index is 8.59. The molecular weight excluding hydrogens is 126 g/mol. The van der Waals surface area contributed by atoms with Gasteiger partial charge in [-0.3, -0.25) is 0 Å². The van der Waals surface area contributed by atoms with Gasteiger partial charge in [-0.15, -0.1) is 0 Å². The summed E-state index contributed by atoms with van der Waals surface area (Å²) in [6.07, 6.45) is 8.68. The fraction of sp³-hybridized carbons (Fsp3) is 0.250. The van der Waals surface area contributed by atoms with Crippen molar-refractivity contribution in [3.8, 4) is 0 Å². The molecule has 0 aromatic rings. The van der Waals surface area contributed by atoms with E-state index in [1.54, 1.807) is 18.2 Å². The molecule has 2 nitrogen and oxygen atoms in total. The quantitative estimate of drug-likeness (QED) is 0.450. The minimum absolute atomic E-state index is 0.488. The van der Waals surface area contributed by atoms with Crippen LogP contribution in [0.15, 0.2) is 37.0 Å². The van der Waals surface area contributed by atoms with Crippen LogP contribution >= 0.6 is 0 Å². The Morgan fingerprint density at radius 2 is 2.10 bits per heavy atom. The summed E-state index contributed by atoms with van der Waals surface area (Å²) in [6, 6.07) is 0. The summed E-state index contributed by atoms with van der Waals surface area (Å²) in [7, 11) is 0. The van der Waals surface area contributed by atoms with E-state index < -0.39 is 6.23 Å². The molecule has 2 heteroatoms. The molecule has 0 aromatic heterocycles. The Morgan fingerprint density at radius 3 is 2.60 bits per heavy atom. The van der Waals surface area contributed by atoms with E-state index in [4.69, 9.17) is 10.8 Å². The molecule has 0 rings (SSSR count). The van der Waals surface area contributed by atoms with Crippen molar-refractivity contribution in [2.45, 2.75) is 12.6 Å². The summed E-state index contributed by atoms with van der Waals surface area (Å²) in [5, 5.41) is 8.59. The van der Waals surface area contributed by atoms with Gasteiger partial charge in [0.2, 0.25) is 0 Å². The zero-order valence-electron chi connectivity index (χ0n) is 5.90. The van der Waals surface area contributed by atoms with E-state index in [-0.39, 0.29) is 0 Å². The molecule has 0 amide bonds. The van der Waals surface area contributed by atoms with Crippen LogP contribution in [0.2, 0.25) is 0 Å². The van der Waals surface area contributed by atoms with Crippen molar-refractivity contribution in [1.29, 1.82) is 0 Å². The van der Waals surface area contributed by atoms with Gasteiger partial charge in [-0.25, -0.2) is 0 Å². The molecule has 3 N–H and O–H groups in total. The SMILES string of the molecule is C=C/C=C\C=C/CC(N)O. The lowest BCUT2D eigenvalue weighted by molar-refractivity contribution is 0.186. The Kier molecular flexibility index (Phi) is 5.72. The van der Waals surface area contributed by atoms with Gasteiger partial charge in [0.25, 0.3) is 0 Å². The predicted octanol–water partition coefficient (Wildman–Crippen LogP) is 0.952. The molecule has 0 aliphatic rings. The summed E-state index contributed by atoms with van der Waals surface area (Å²) in [4.78, 5) is 0. The monoisotopic (exact) mass is 139 g/mol. The summed E-state index contributed by atoms with van der Waals surface area (Å²) in [5.74, 6) is 0. The highest BCUT2D eigenvalue weighted by atomic mass is 16.3. The molecule has 0 fully saturated rings. The molecule has 0 saturated carbocycles. The van der Waals surface area contributed by atoms with Gasteiger partial charge < -0.3 is 10.8 Å². The normalized spacial score (nSPS) is 14.6. The van der Waals surface area contributed by atoms with Gasteiger partial charge in [0, 0.05) is 6.42 Å². The highest BCUT2D eigenvalue weighted by molar-refractivity contribution is 5.08. The van der Waals surface area contributed by atoms with Crippen LogP contribution in [0.5, 0.6) is 0 Å².